The highest BCUT2D eigenvalue weighted by atomic mass is 16.7. The summed E-state index contributed by atoms with van der Waals surface area (Å²) in [6.45, 7) is 3.48. The molecule has 67 heavy (non-hydrogen) atoms. The van der Waals surface area contributed by atoms with Crippen LogP contribution in [0.1, 0.15) is 284 Å². The molecule has 6 atom stereocenters. The molecule has 1 aliphatic rings. The Labute approximate surface area is 411 Å². The van der Waals surface area contributed by atoms with Crippen LogP contribution in [0.4, 0.5) is 0 Å². The number of hydrogen-bond donors (Lipinski definition) is 4. The summed E-state index contributed by atoms with van der Waals surface area (Å²) < 4.78 is 22.3. The van der Waals surface area contributed by atoms with E-state index in [1.165, 1.54) is 212 Å². The molecule has 396 valence electrons. The van der Waals surface area contributed by atoms with Crippen LogP contribution in [0.2, 0.25) is 0 Å². The second-order valence-electron chi connectivity index (χ2n) is 20.1. The van der Waals surface area contributed by atoms with Crippen LogP contribution in [-0.2, 0) is 28.5 Å². The molecule has 0 amide bonds. The van der Waals surface area contributed by atoms with E-state index in [9.17, 15) is 30.0 Å². The van der Waals surface area contributed by atoms with Crippen molar-refractivity contribution in [3.63, 3.8) is 0 Å². The topological polar surface area (TPSA) is 152 Å². The van der Waals surface area contributed by atoms with Gasteiger partial charge in [-0.15, -0.1) is 0 Å². The molecule has 0 aromatic carbocycles. The van der Waals surface area contributed by atoms with Crippen molar-refractivity contribution in [1.29, 1.82) is 0 Å². The van der Waals surface area contributed by atoms with Crippen LogP contribution in [0, 0.1) is 0 Å². The zero-order valence-corrected chi connectivity index (χ0v) is 43.7. The summed E-state index contributed by atoms with van der Waals surface area (Å²) in [5.41, 5.74) is 0. The molecule has 0 aromatic rings. The standard InChI is InChI=1S/C57H108O10/c1-3-5-7-9-11-13-15-17-19-21-23-24-25-26-28-29-31-33-35-37-39-41-43-45-52(59)64-48-50(49-65-57-56(63)55(62)54(61)51(47-58)67-57)66-53(60)46-44-42-40-38-36-34-32-30-27-22-20-18-16-14-12-10-8-6-4-2/h18,20,50-51,54-58,61-63H,3-17,19,21-49H2,1-2H3/b20-18-. The molecule has 1 saturated heterocycles. The zero-order valence-electron chi connectivity index (χ0n) is 43.7. The van der Waals surface area contributed by atoms with Crippen molar-refractivity contribution in [3.8, 4) is 0 Å². The van der Waals surface area contributed by atoms with Crippen molar-refractivity contribution in [2.75, 3.05) is 19.8 Å². The maximum absolute atomic E-state index is 12.9. The maximum Gasteiger partial charge on any atom is 0.306 e. The van der Waals surface area contributed by atoms with E-state index < -0.39 is 49.4 Å². The predicted octanol–water partition coefficient (Wildman–Crippen LogP) is 14.2. The fourth-order valence-electron chi connectivity index (χ4n) is 9.13. The van der Waals surface area contributed by atoms with Gasteiger partial charge in [0.05, 0.1) is 13.2 Å². The van der Waals surface area contributed by atoms with Crippen molar-refractivity contribution in [1.82, 2.24) is 0 Å². The monoisotopic (exact) mass is 953 g/mol. The lowest BCUT2D eigenvalue weighted by molar-refractivity contribution is -0.305. The van der Waals surface area contributed by atoms with Crippen LogP contribution < -0.4 is 0 Å². The third-order valence-electron chi connectivity index (χ3n) is 13.7. The second-order valence-corrected chi connectivity index (χ2v) is 20.1. The number of esters is 2. The number of aliphatic hydroxyl groups is 4. The molecule has 0 saturated carbocycles. The van der Waals surface area contributed by atoms with Gasteiger partial charge < -0.3 is 39.4 Å². The molecule has 0 radical (unpaired) electrons. The Morgan fingerprint density at radius 1 is 0.448 bits per heavy atom. The summed E-state index contributed by atoms with van der Waals surface area (Å²) in [6.07, 6.45) is 48.0. The third kappa shape index (κ3) is 38.8. The van der Waals surface area contributed by atoms with Gasteiger partial charge in [-0.2, -0.15) is 0 Å². The van der Waals surface area contributed by atoms with Gasteiger partial charge in [0.25, 0.3) is 0 Å². The number of unbranched alkanes of at least 4 members (excludes halogenated alkanes) is 37. The number of carbonyl (C=O) groups is 2. The maximum atomic E-state index is 12.9. The molecule has 10 heteroatoms. The van der Waals surface area contributed by atoms with Crippen LogP contribution in [0.15, 0.2) is 12.2 Å². The van der Waals surface area contributed by atoms with Gasteiger partial charge in [0.15, 0.2) is 12.4 Å². The molecule has 0 bridgehead atoms. The Morgan fingerprint density at radius 3 is 1.16 bits per heavy atom. The Hall–Kier alpha value is -1.56. The molecule has 0 aromatic heterocycles. The number of rotatable bonds is 50. The first kappa shape index (κ1) is 63.5. The lowest BCUT2D eigenvalue weighted by Crippen LogP contribution is -2.59. The minimum atomic E-state index is -1.59. The molecule has 1 rings (SSSR count). The van der Waals surface area contributed by atoms with Gasteiger partial charge in [0.1, 0.15) is 31.0 Å². The van der Waals surface area contributed by atoms with E-state index >= 15 is 0 Å². The van der Waals surface area contributed by atoms with Crippen LogP contribution >= 0.6 is 0 Å². The number of hydrogen-bond acceptors (Lipinski definition) is 10. The summed E-state index contributed by atoms with van der Waals surface area (Å²) >= 11 is 0. The predicted molar refractivity (Wildman–Crippen MR) is 275 cm³/mol. The number of carbonyl (C=O) groups excluding carboxylic acids is 2. The lowest BCUT2D eigenvalue weighted by Gasteiger charge is -2.39. The summed E-state index contributed by atoms with van der Waals surface area (Å²) in [4.78, 5) is 25.5. The molecule has 0 aliphatic carbocycles. The first-order valence-electron chi connectivity index (χ1n) is 28.8. The van der Waals surface area contributed by atoms with Crippen molar-refractivity contribution in [2.24, 2.45) is 0 Å². The van der Waals surface area contributed by atoms with Crippen LogP contribution in [0.25, 0.3) is 0 Å². The fraction of sp³-hybridized carbons (Fsp3) is 0.930. The molecule has 6 unspecified atom stereocenters. The SMILES string of the molecule is CCCCCCCC/C=C\CCCCCCCCCCCC(=O)OC(COC(=O)CCCCCCCCCCCCCCCCCCCCCCCCC)COC1OC(CO)C(O)C(O)C1O. The van der Waals surface area contributed by atoms with Gasteiger partial charge in [-0.3, -0.25) is 9.59 Å². The van der Waals surface area contributed by atoms with Crippen LogP contribution in [0.5, 0.6) is 0 Å². The Bertz CT molecular complexity index is 1100. The van der Waals surface area contributed by atoms with E-state index in [2.05, 4.69) is 26.0 Å². The Kier molecular flexibility index (Phi) is 45.5. The molecule has 1 aliphatic heterocycles. The van der Waals surface area contributed by atoms with Gasteiger partial charge >= 0.3 is 11.9 Å². The van der Waals surface area contributed by atoms with Crippen molar-refractivity contribution < 1.29 is 49.0 Å². The second kappa shape index (κ2) is 48.1. The minimum absolute atomic E-state index is 0.211. The van der Waals surface area contributed by atoms with E-state index in [1.54, 1.807) is 0 Å². The average molecular weight is 953 g/mol. The molecule has 4 N–H and O–H groups in total. The van der Waals surface area contributed by atoms with Gasteiger partial charge in [-0.1, -0.05) is 244 Å². The number of allylic oxidation sites excluding steroid dienone is 2. The van der Waals surface area contributed by atoms with Gasteiger partial charge in [0.2, 0.25) is 0 Å². The van der Waals surface area contributed by atoms with Gasteiger partial charge in [-0.05, 0) is 38.5 Å². The summed E-state index contributed by atoms with van der Waals surface area (Å²) in [7, 11) is 0. The van der Waals surface area contributed by atoms with Crippen LogP contribution in [0.3, 0.4) is 0 Å². The first-order chi connectivity index (χ1) is 32.8. The average Bonchev–Trinajstić information content (AvgIpc) is 3.33. The first-order valence-corrected chi connectivity index (χ1v) is 28.8. The van der Waals surface area contributed by atoms with E-state index in [0.717, 1.165) is 38.5 Å². The molecular formula is C57H108O10. The summed E-state index contributed by atoms with van der Waals surface area (Å²) in [6, 6.07) is 0. The molecule has 1 fully saturated rings. The van der Waals surface area contributed by atoms with Gasteiger partial charge in [0, 0.05) is 12.8 Å². The highest BCUT2D eigenvalue weighted by Crippen LogP contribution is 2.23. The lowest BCUT2D eigenvalue weighted by atomic mass is 9.99. The zero-order chi connectivity index (χ0) is 48.7. The summed E-state index contributed by atoms with van der Waals surface area (Å²) in [5, 5.41) is 40.3. The van der Waals surface area contributed by atoms with Gasteiger partial charge in [-0.25, -0.2) is 0 Å². The highest BCUT2D eigenvalue weighted by molar-refractivity contribution is 5.70. The van der Waals surface area contributed by atoms with E-state index in [0.29, 0.717) is 6.42 Å². The smallest absolute Gasteiger partial charge is 0.306 e. The van der Waals surface area contributed by atoms with E-state index in [-0.39, 0.29) is 32.0 Å². The highest BCUT2D eigenvalue weighted by Gasteiger charge is 2.44. The normalized spacial score (nSPS) is 19.0. The fourth-order valence-corrected chi connectivity index (χ4v) is 9.13. The summed E-state index contributed by atoms with van der Waals surface area (Å²) in [5.74, 6) is -0.790. The Balaban J connectivity index is 2.19. The van der Waals surface area contributed by atoms with Crippen molar-refractivity contribution >= 4 is 11.9 Å². The quantitative estimate of drug-likeness (QED) is 0.0263. The largest absolute Gasteiger partial charge is 0.462 e. The minimum Gasteiger partial charge on any atom is -0.462 e. The van der Waals surface area contributed by atoms with Crippen molar-refractivity contribution in [3.05, 3.63) is 12.2 Å². The third-order valence-corrected chi connectivity index (χ3v) is 13.7. The number of aliphatic hydroxyl groups excluding tert-OH is 4. The van der Waals surface area contributed by atoms with E-state index in [4.69, 9.17) is 18.9 Å². The van der Waals surface area contributed by atoms with Crippen LogP contribution in [-0.4, -0.2) is 89.0 Å². The van der Waals surface area contributed by atoms with E-state index in [1.807, 2.05) is 0 Å². The molecule has 0 spiro atoms. The molecular weight excluding hydrogens is 845 g/mol. The number of ether oxygens (including phenoxy) is 4. The molecule has 1 heterocycles. The molecule has 10 nitrogen and oxygen atoms in total. The Morgan fingerprint density at radius 2 is 0.791 bits per heavy atom. The van der Waals surface area contributed by atoms with Crippen molar-refractivity contribution in [2.45, 2.75) is 320 Å².